The Kier molecular flexibility index (Phi) is 36.1. The van der Waals surface area contributed by atoms with Gasteiger partial charge in [0.1, 0.15) is 11.2 Å². The molecule has 0 spiro atoms. The van der Waals surface area contributed by atoms with Gasteiger partial charge in [0.05, 0.1) is 29.1 Å². The van der Waals surface area contributed by atoms with Gasteiger partial charge in [0.25, 0.3) is 6.47 Å². The summed E-state index contributed by atoms with van der Waals surface area (Å²) in [5, 5.41) is 37.3. The van der Waals surface area contributed by atoms with Gasteiger partial charge in [0.2, 0.25) is 29.5 Å². The molecule has 0 saturated carbocycles. The van der Waals surface area contributed by atoms with Crippen LogP contribution >= 0.6 is 46.6 Å². The number of hydrogen-bond donors (Lipinski definition) is 5. The third kappa shape index (κ3) is 25.7. The zero-order valence-electron chi connectivity index (χ0n) is 41.7. The molecule has 0 atom stereocenters. The first-order valence-corrected chi connectivity index (χ1v) is 31.6. The molecule has 22 nitrogen and oxygen atoms in total. The fraction of sp³-hybridized carbons (Fsp3) is 0.0976. The van der Waals surface area contributed by atoms with Gasteiger partial charge >= 0.3 is 121 Å². The van der Waals surface area contributed by atoms with E-state index in [-0.39, 0.29) is 129 Å². The number of thioether (sulfide) groups is 1. The molecule has 0 aliphatic heterocycles. The standard InChI is InChI=1S/C15H11ClN6O.C11H10ClN3OS.C8H6ClN3O.C6H9N3O.CH2O3.2K.S8.H/c1-8-12-11(6-7-17-8)18-14(19-12)20-15-22-21-13(23-15)9-2-4-10(16)5-3-9;1-7(17-2)13-11-15-14-10(16-11)8-3-5-9(12)6-4-8;9-6-3-1-5(2-4-6)7-11-12-8(10)13-7;1-10-6-5(8)4(7)2-3-9-6;2-1-4-3;;;1-3-5-7-8-6-4-2;/h2-7H,1H3,(H2,18,19,20,22);3-6H,1-2H3;1-4H,(H2,10,12);2-3H,8H2,1H3,(H2,7,9);1,3H;;;;/q;;;;;2*+1;;-1/p-1. The maximum atomic E-state index is 8.64. The third-order valence-corrected chi connectivity index (χ3v) is 20.8. The summed E-state index contributed by atoms with van der Waals surface area (Å²) in [7, 11) is 10.6. The molecule has 0 amide bonds. The number of ether oxygens (including phenoxy) is 1. The smallest absolute Gasteiger partial charge is 1.00 e. The molecular weight excluding hydrogens is 1290 g/mol. The second kappa shape index (κ2) is 39.6. The van der Waals surface area contributed by atoms with Crippen LogP contribution in [0.1, 0.15) is 14.0 Å². The summed E-state index contributed by atoms with van der Waals surface area (Å²) in [6.07, 6.45) is 5.21. The first kappa shape index (κ1) is 70.3. The summed E-state index contributed by atoms with van der Waals surface area (Å²) in [4.78, 5) is 31.0. The van der Waals surface area contributed by atoms with Crippen LogP contribution in [0.15, 0.2) is 116 Å². The SMILES string of the molecule is COc1nccc(N)c1N.CSC(C)=Nc1nnc(-c2ccc(Cl)cc2)o1.Cc1nccc2[nH]c(Nc3nnc(-c4ccc(Cl)cc4)o3)nc12.Nc1nnc(-c2ccc(Cl)cc2)o1.O=CO[O-].S=S=S=S=S=S=S=S.[H-].[K+].[K+]. The van der Waals surface area contributed by atoms with Crippen LogP contribution in [0.3, 0.4) is 0 Å². The largest absolute Gasteiger partial charge is 1.00 e. The minimum Gasteiger partial charge on any atom is -1.00 e. The topological polar surface area (TPSA) is 332 Å². The molecule has 0 fully saturated rings. The quantitative estimate of drug-likeness (QED) is 0.0364. The van der Waals surface area contributed by atoms with Gasteiger partial charge in [-0.2, -0.15) is 4.99 Å². The van der Waals surface area contributed by atoms with E-state index in [9.17, 15) is 0 Å². The minimum absolute atomic E-state index is 0. The van der Waals surface area contributed by atoms with E-state index in [0.29, 0.717) is 55.9 Å². The first-order valence-electron chi connectivity index (χ1n) is 19.9. The number of anilines is 5. The molecule has 6 heterocycles. The molecule has 0 bridgehead atoms. The summed E-state index contributed by atoms with van der Waals surface area (Å²) in [6, 6.07) is 25.5. The van der Waals surface area contributed by atoms with Crippen molar-refractivity contribution in [3.05, 3.63) is 118 Å². The molecule has 77 heavy (non-hydrogen) atoms. The maximum absolute atomic E-state index is 8.64. The Bertz CT molecular complexity index is 3530. The number of benzene rings is 3. The van der Waals surface area contributed by atoms with Crippen LogP contribution < -0.4 is 135 Å². The Hall–Kier alpha value is -2.80. The number of halogens is 3. The van der Waals surface area contributed by atoms with Crippen molar-refractivity contribution < 1.29 is 137 Å². The molecule has 36 heteroatoms. The second-order valence-electron chi connectivity index (χ2n) is 13.0. The number of nitrogens with zero attached hydrogens (tertiary/aromatic N) is 10. The van der Waals surface area contributed by atoms with Crippen LogP contribution in [0.5, 0.6) is 5.88 Å². The summed E-state index contributed by atoms with van der Waals surface area (Å²) < 4.78 is 20.8. The fourth-order valence-corrected chi connectivity index (χ4v) is 16.5. The van der Waals surface area contributed by atoms with Gasteiger partial charge in [-0.15, -0.1) is 27.1 Å². The molecule has 0 radical (unpaired) electrons. The molecule has 396 valence electrons. The Morgan fingerprint density at radius 3 is 1.69 bits per heavy atom. The molecule has 9 aromatic rings. The predicted molar refractivity (Wildman–Crippen MR) is 314 cm³/mol. The number of nitrogens with two attached hydrogens (primary N) is 3. The Morgan fingerprint density at radius 1 is 0.740 bits per heavy atom. The number of rotatable bonds is 8. The molecule has 0 aliphatic rings. The van der Waals surface area contributed by atoms with Crippen molar-refractivity contribution in [1.82, 2.24) is 50.5 Å². The normalized spacial score (nSPS) is 9.79. The van der Waals surface area contributed by atoms with Crippen LogP contribution in [0, 0.1) is 6.92 Å². The van der Waals surface area contributed by atoms with Gasteiger partial charge in [-0.05, 0) is 105 Å². The number of imidazole rings is 1. The Morgan fingerprint density at radius 2 is 1.23 bits per heavy atom. The van der Waals surface area contributed by atoms with E-state index in [1.807, 2.05) is 50.4 Å². The molecule has 9 rings (SSSR count). The van der Waals surface area contributed by atoms with Crippen LogP contribution in [0.2, 0.25) is 15.1 Å². The number of fused-ring (bicyclic) bond motifs is 1. The van der Waals surface area contributed by atoms with Gasteiger partial charge in [-0.1, -0.05) is 50.1 Å². The number of pyridine rings is 2. The second-order valence-corrected chi connectivity index (χ2v) is 26.0. The van der Waals surface area contributed by atoms with Gasteiger partial charge in [-0.25, -0.2) is 9.97 Å². The average molecular weight is 1330 g/mol. The Labute approximate surface area is 571 Å². The summed E-state index contributed by atoms with van der Waals surface area (Å²) in [5.74, 6) is 2.13. The summed E-state index contributed by atoms with van der Waals surface area (Å²) in [6.45, 7) is 3.61. The van der Waals surface area contributed by atoms with E-state index in [1.165, 1.54) is 36.6 Å². The number of aromatic amines is 1. The van der Waals surface area contributed by atoms with Gasteiger partial charge in [0, 0.05) is 120 Å². The number of nitrogens with one attached hydrogen (secondary N) is 2. The van der Waals surface area contributed by atoms with Gasteiger partial charge in [-0.3, -0.25) is 15.1 Å². The number of nitrogen functional groups attached to an aromatic ring is 3. The summed E-state index contributed by atoms with van der Waals surface area (Å²) in [5.41, 5.74) is 22.0. The summed E-state index contributed by atoms with van der Waals surface area (Å²) >= 11 is 28.1. The van der Waals surface area contributed by atoms with Crippen molar-refractivity contribution in [3.63, 3.8) is 0 Å². The predicted octanol–water partition coefficient (Wildman–Crippen LogP) is 2.28. The molecule has 0 saturated heterocycles. The van der Waals surface area contributed by atoms with Crippen LogP contribution in [0.4, 0.5) is 35.4 Å². The number of aliphatic imine (C=N–C) groups is 1. The molecule has 8 N–H and O–H groups in total. The van der Waals surface area contributed by atoms with Gasteiger partial charge < -0.3 is 51.7 Å². The maximum Gasteiger partial charge on any atom is 1.00 e. The van der Waals surface area contributed by atoms with E-state index in [0.717, 1.165) is 38.5 Å². The number of aromatic nitrogens is 10. The number of methoxy groups -OCH3 is 1. The minimum atomic E-state index is -0.181. The van der Waals surface area contributed by atoms with E-state index in [2.05, 4.69) is 88.1 Å². The van der Waals surface area contributed by atoms with Crippen molar-refractivity contribution in [3.8, 4) is 40.2 Å². The zero-order valence-corrected chi connectivity index (χ0v) is 56.5. The molecular formula is C41H38Cl3K2N15O7S9. The zero-order chi connectivity index (χ0) is 54.5. The number of aryl methyl sites for hydroxylation is 1. The molecule has 0 aliphatic carbocycles. The van der Waals surface area contributed by atoms with E-state index >= 15 is 0 Å². The van der Waals surface area contributed by atoms with Crippen molar-refractivity contribution in [1.29, 1.82) is 0 Å². The first-order chi connectivity index (χ1) is 36.2. The van der Waals surface area contributed by atoms with Crippen molar-refractivity contribution in [2.75, 3.05) is 35.9 Å². The number of hydrogen-bond acceptors (Lipinski definition) is 24. The van der Waals surface area contributed by atoms with Crippen molar-refractivity contribution in [2.45, 2.75) is 13.8 Å². The van der Waals surface area contributed by atoms with Crippen LogP contribution in [0.25, 0.3) is 45.4 Å². The molecule has 3 aromatic carbocycles. The fourth-order valence-electron chi connectivity index (χ4n) is 4.98. The van der Waals surface area contributed by atoms with Gasteiger partial charge in [0.15, 0.2) is 0 Å². The molecule has 0 unspecified atom stereocenters. The van der Waals surface area contributed by atoms with E-state index in [4.69, 9.17) is 80.0 Å². The molecule has 6 aromatic heterocycles. The van der Waals surface area contributed by atoms with Crippen LogP contribution in [-0.4, -0.2) is 75.4 Å². The monoisotopic (exact) mass is 1320 g/mol. The van der Waals surface area contributed by atoms with E-state index in [1.54, 1.807) is 103 Å². The third-order valence-electron chi connectivity index (χ3n) is 8.27. The van der Waals surface area contributed by atoms with E-state index < -0.39 is 0 Å². The number of H-pyrrole nitrogens is 1. The van der Waals surface area contributed by atoms with Crippen LogP contribution in [-0.2, 0) is 85.3 Å². The van der Waals surface area contributed by atoms with Crippen molar-refractivity contribution in [2.24, 2.45) is 4.99 Å². The van der Waals surface area contributed by atoms with Crippen molar-refractivity contribution >= 4 is 180 Å². The Balaban J connectivity index is 0.000000496. The number of carbonyl (C=O) groups excluding carboxylic acids is 1. The average Bonchev–Trinajstić information content (AvgIpc) is 4.27. The number of carbonyl (C=O) groups is 1.